The molecule has 1 N–H and O–H groups in total. The molecule has 0 aliphatic rings. The quantitative estimate of drug-likeness (QED) is 0.497. The minimum absolute atomic E-state index is 0.157. The lowest BCUT2D eigenvalue weighted by atomic mass is 10.8. The number of hydrogen-bond acceptors (Lipinski definition) is 1. The Morgan fingerprint density at radius 3 is 2.78 bits per heavy atom. The topological polar surface area (TPSA) is 37.8 Å². The van der Waals surface area contributed by atoms with E-state index < -0.39 is 0 Å². The second-order valence-corrected chi connectivity index (χ2v) is 2.23. The first kappa shape index (κ1) is 6.40. The number of hydrogen-bond donors (Lipinski definition) is 1. The molecule has 1 aromatic heterocycles. The monoisotopic (exact) mass is 136 g/mol. The molecule has 0 aliphatic heterocycles. The smallest absolute Gasteiger partial charge is 0.328 e. The van der Waals surface area contributed by atoms with Gasteiger partial charge in [0.1, 0.15) is 0 Å². The molecule has 1 rings (SSSR count). The lowest BCUT2D eigenvalue weighted by Gasteiger charge is -1.81. The lowest BCUT2D eigenvalue weighted by Crippen LogP contribution is -2.12. The third-order valence-electron chi connectivity index (χ3n) is 0.961. The molecule has 0 saturated heterocycles. The maximum atomic E-state index is 10.7. The fourth-order valence-corrected chi connectivity index (χ4v) is 0.848. The Hall–Kier alpha value is -0.718. The molecular formula is C5H5AlN2O. The van der Waals surface area contributed by atoms with Crippen LogP contribution in [-0.2, 0) is 0 Å². The molecule has 0 fully saturated rings. The van der Waals surface area contributed by atoms with E-state index in [0.29, 0.717) is 0 Å². The van der Waals surface area contributed by atoms with Crippen LogP contribution in [0.5, 0.6) is 0 Å². The van der Waals surface area contributed by atoms with Gasteiger partial charge in [-0.2, -0.15) is 0 Å². The van der Waals surface area contributed by atoms with E-state index >= 15 is 0 Å². The first-order valence-electron chi connectivity index (χ1n) is 2.43. The summed E-state index contributed by atoms with van der Waals surface area (Å²) in [4.78, 5) is 13.3. The largest absolute Gasteiger partial charge is 0.328 e. The number of aromatic amines is 1. The van der Waals surface area contributed by atoms with Crippen LogP contribution in [0.1, 0.15) is 0 Å². The average molecular weight is 136 g/mol. The van der Waals surface area contributed by atoms with Gasteiger partial charge in [0, 0.05) is 12.4 Å². The maximum Gasteiger partial charge on any atom is 0.328 e. The van der Waals surface area contributed by atoms with Gasteiger partial charge in [-0.25, -0.2) is 4.79 Å². The molecule has 9 heavy (non-hydrogen) atoms. The van der Waals surface area contributed by atoms with Gasteiger partial charge in [0.15, 0.2) is 0 Å². The zero-order valence-corrected chi connectivity index (χ0v) is 5.95. The summed E-state index contributed by atoms with van der Waals surface area (Å²) in [6.45, 7) is 3.44. The summed E-state index contributed by atoms with van der Waals surface area (Å²) in [5.74, 6) is 0. The van der Waals surface area contributed by atoms with Crippen molar-refractivity contribution in [1.82, 2.24) is 9.55 Å². The fourth-order valence-electron chi connectivity index (χ4n) is 0.564. The van der Waals surface area contributed by atoms with Gasteiger partial charge in [-0.3, -0.25) is 4.57 Å². The molecule has 44 valence electrons. The Morgan fingerprint density at radius 2 is 2.56 bits per heavy atom. The zero-order chi connectivity index (χ0) is 6.85. The van der Waals surface area contributed by atoms with Crippen molar-refractivity contribution in [2.24, 2.45) is 0 Å². The van der Waals surface area contributed by atoms with Crippen LogP contribution >= 0.6 is 0 Å². The molecule has 0 amide bonds. The van der Waals surface area contributed by atoms with E-state index in [1.165, 1.54) is 10.8 Å². The third kappa shape index (κ3) is 1.15. The number of nitrogens with zero attached hydrogens (tertiary/aromatic N) is 1. The highest BCUT2D eigenvalue weighted by Crippen LogP contribution is 1.71. The third-order valence-corrected chi connectivity index (χ3v) is 1.25. The number of rotatable bonds is 1. The Balaban J connectivity index is 3.32. The van der Waals surface area contributed by atoms with Crippen molar-refractivity contribution in [3.63, 3.8) is 0 Å². The van der Waals surface area contributed by atoms with E-state index in [4.69, 9.17) is 0 Å². The van der Waals surface area contributed by atoms with E-state index in [9.17, 15) is 4.79 Å². The van der Waals surface area contributed by atoms with Crippen molar-refractivity contribution in [2.75, 3.05) is 0 Å². The van der Waals surface area contributed by atoms with Crippen LogP contribution in [0.3, 0.4) is 0 Å². The van der Waals surface area contributed by atoms with Crippen LogP contribution in [0.15, 0.2) is 17.6 Å². The van der Waals surface area contributed by atoms with Crippen molar-refractivity contribution >= 4 is 27.0 Å². The van der Waals surface area contributed by atoms with Crippen LogP contribution < -0.4 is 10.2 Å². The zero-order valence-electron chi connectivity index (χ0n) is 4.79. The molecule has 1 heterocycles. The normalized spacial score (nSPS) is 9.33. The second kappa shape index (κ2) is 2.26. The van der Waals surface area contributed by atoms with Crippen molar-refractivity contribution < 1.29 is 0 Å². The van der Waals surface area contributed by atoms with Gasteiger partial charge in [0.2, 0.25) is 16.3 Å². The van der Waals surface area contributed by atoms with Gasteiger partial charge in [-0.1, -0.05) is 11.1 Å². The van der Waals surface area contributed by atoms with E-state index in [1.807, 2.05) is 0 Å². The summed E-state index contributed by atoms with van der Waals surface area (Å²) in [5.41, 5.74) is -0.157. The van der Waals surface area contributed by atoms with Crippen molar-refractivity contribution in [2.45, 2.75) is 0 Å². The summed E-state index contributed by atoms with van der Waals surface area (Å²) in [7, 11) is 0. The highest BCUT2D eigenvalue weighted by Gasteiger charge is 1.90. The van der Waals surface area contributed by atoms with Crippen LogP contribution in [0, 0.1) is 0 Å². The minimum atomic E-state index is -0.157. The Kier molecular flexibility index (Phi) is 1.61. The number of imidazole rings is 1. The van der Waals surface area contributed by atoms with E-state index in [2.05, 4.69) is 27.9 Å². The van der Waals surface area contributed by atoms with Gasteiger partial charge >= 0.3 is 5.69 Å². The molecule has 0 spiro atoms. The molecule has 0 unspecified atom stereocenters. The van der Waals surface area contributed by atoms with E-state index in [-0.39, 0.29) is 5.69 Å². The summed E-state index contributed by atoms with van der Waals surface area (Å²) in [6.07, 6.45) is 3.10. The first-order chi connectivity index (χ1) is 4.24. The van der Waals surface area contributed by atoms with E-state index in [0.717, 1.165) is 4.56 Å². The highest BCUT2D eigenvalue weighted by atomic mass is 27.0. The minimum Gasteiger partial charge on any atom is -0.328 e. The number of nitrogens with one attached hydrogen (secondary N) is 1. The molecule has 0 bridgehead atoms. The van der Waals surface area contributed by atoms with Crippen molar-refractivity contribution in [1.29, 1.82) is 0 Å². The van der Waals surface area contributed by atoms with Crippen molar-refractivity contribution in [3.05, 3.63) is 23.3 Å². The summed E-state index contributed by atoms with van der Waals surface area (Å²) < 4.78 is 2.14. The van der Waals surface area contributed by atoms with Crippen LogP contribution in [0.4, 0.5) is 0 Å². The predicted octanol–water partition coefficient (Wildman–Crippen LogP) is -0.929. The van der Waals surface area contributed by atoms with E-state index in [1.54, 1.807) is 6.20 Å². The van der Waals surface area contributed by atoms with Gasteiger partial charge in [0.25, 0.3) is 0 Å². The van der Waals surface area contributed by atoms with Crippen LogP contribution in [0.25, 0.3) is 6.20 Å². The average Bonchev–Trinajstić information content (AvgIpc) is 2.10. The molecule has 0 atom stereocenters. The van der Waals surface area contributed by atoms with Crippen molar-refractivity contribution in [3.8, 4) is 0 Å². The second-order valence-electron chi connectivity index (χ2n) is 1.60. The summed E-state index contributed by atoms with van der Waals surface area (Å²) >= 11 is 2.39. The van der Waals surface area contributed by atoms with Crippen LogP contribution in [-0.4, -0.2) is 25.8 Å². The Bertz CT molecular complexity index is 273. The molecule has 2 radical (unpaired) electrons. The van der Waals surface area contributed by atoms with Crippen LogP contribution in [0.2, 0.25) is 0 Å². The molecule has 0 aliphatic carbocycles. The highest BCUT2D eigenvalue weighted by molar-refractivity contribution is 6.30. The van der Waals surface area contributed by atoms with Gasteiger partial charge < -0.3 is 4.98 Å². The standard InChI is InChI=1S/C5H5N2O.Al/c1-2-7-4-3-6-5(7)8;/h2,4H,1H2,(H,6,8);. The Morgan fingerprint density at radius 1 is 1.89 bits per heavy atom. The molecule has 3 nitrogen and oxygen atoms in total. The van der Waals surface area contributed by atoms with Gasteiger partial charge in [0.05, 0.1) is 0 Å². The molecule has 0 saturated carbocycles. The predicted molar refractivity (Wildman–Crippen MR) is 36.8 cm³/mol. The molecular weight excluding hydrogens is 131 g/mol. The SMILES string of the molecule is C=Cn1c[c]([Al])[nH]c1=O. The molecule has 1 aromatic rings. The molecule has 4 heteroatoms. The lowest BCUT2D eigenvalue weighted by molar-refractivity contribution is 1.05. The fraction of sp³-hybridized carbons (Fsp3) is 0. The number of aromatic nitrogens is 2. The summed E-state index contributed by atoms with van der Waals surface area (Å²) in [6, 6.07) is 0. The summed E-state index contributed by atoms with van der Waals surface area (Å²) in [5, 5.41) is 0. The van der Waals surface area contributed by atoms with Gasteiger partial charge in [-0.15, -0.1) is 0 Å². The number of H-pyrrole nitrogens is 1. The molecule has 0 aromatic carbocycles. The maximum absolute atomic E-state index is 10.7. The first-order valence-corrected chi connectivity index (χ1v) is 3.01. The van der Waals surface area contributed by atoms with Gasteiger partial charge in [-0.05, 0) is 0 Å². The Labute approximate surface area is 60.4 Å².